The highest BCUT2D eigenvalue weighted by Crippen LogP contribution is 2.67. The Hall–Kier alpha value is -0.940. The van der Waals surface area contributed by atoms with Crippen LogP contribution in [-0.2, 0) is 14.3 Å². The summed E-state index contributed by atoms with van der Waals surface area (Å²) in [4.78, 5) is 25.6. The second-order valence-corrected chi connectivity index (χ2v) is 9.90. The van der Waals surface area contributed by atoms with Crippen molar-refractivity contribution in [2.24, 2.45) is 0 Å². The Morgan fingerprint density at radius 2 is 1.86 bits per heavy atom. The summed E-state index contributed by atoms with van der Waals surface area (Å²) < 4.78 is 4.58. The maximum Gasteiger partial charge on any atom is 0.347 e. The second-order valence-electron chi connectivity index (χ2n) is 6.38. The van der Waals surface area contributed by atoms with Crippen LogP contribution in [0.1, 0.15) is 34.1 Å². The molecule has 3 atom stereocenters. The van der Waals surface area contributed by atoms with Crippen LogP contribution in [0.2, 0.25) is 0 Å². The minimum Gasteiger partial charge on any atom is -0.386 e. The normalized spacial score (nSPS) is 41.1. The predicted molar refractivity (Wildman–Crippen MR) is 85.0 cm³/mol. The zero-order chi connectivity index (χ0) is 15.2. The van der Waals surface area contributed by atoms with Crippen molar-refractivity contribution in [1.82, 2.24) is 0 Å². The smallest absolute Gasteiger partial charge is 0.347 e. The standard InChI is InChI=1S/C16H16O3S2/c1-7-5-9-11-12(14(18)19-13(11)17)10-6-8(2)21-16(10,4)15(9,3)20-7/h5,8H,6H2,1-4H3. The number of thioether (sulfide) groups is 2. The lowest BCUT2D eigenvalue weighted by Gasteiger charge is -2.45. The van der Waals surface area contributed by atoms with Crippen molar-refractivity contribution in [3.8, 4) is 0 Å². The van der Waals surface area contributed by atoms with Gasteiger partial charge in [0.1, 0.15) is 0 Å². The van der Waals surface area contributed by atoms with Crippen molar-refractivity contribution in [2.75, 3.05) is 0 Å². The van der Waals surface area contributed by atoms with E-state index < -0.39 is 11.9 Å². The fourth-order valence-electron chi connectivity index (χ4n) is 4.06. The number of ether oxygens (including phenoxy) is 1. The summed E-state index contributed by atoms with van der Waals surface area (Å²) in [5.74, 6) is -0.926. The summed E-state index contributed by atoms with van der Waals surface area (Å²) >= 11 is 3.73. The summed E-state index contributed by atoms with van der Waals surface area (Å²) in [7, 11) is 0. The molecule has 2 saturated heterocycles. The van der Waals surface area contributed by atoms with E-state index in [0.717, 1.165) is 17.6 Å². The van der Waals surface area contributed by atoms with E-state index in [9.17, 15) is 9.59 Å². The number of carbonyl (C=O) groups is 2. The van der Waals surface area contributed by atoms with Gasteiger partial charge in [-0.05, 0) is 49.3 Å². The van der Waals surface area contributed by atoms with Crippen LogP contribution in [0, 0.1) is 0 Å². The van der Waals surface area contributed by atoms with Gasteiger partial charge in [0.15, 0.2) is 0 Å². The molecule has 3 nitrogen and oxygen atoms in total. The first-order valence-corrected chi connectivity index (χ1v) is 8.78. The van der Waals surface area contributed by atoms with Crippen molar-refractivity contribution in [1.29, 1.82) is 0 Å². The summed E-state index contributed by atoms with van der Waals surface area (Å²) in [5.41, 5.74) is 3.16. The summed E-state index contributed by atoms with van der Waals surface area (Å²) in [5, 5.41) is 0.444. The zero-order valence-electron chi connectivity index (χ0n) is 12.4. The van der Waals surface area contributed by atoms with Crippen LogP contribution in [0.3, 0.4) is 0 Å². The Morgan fingerprint density at radius 3 is 2.57 bits per heavy atom. The van der Waals surface area contributed by atoms with Crippen molar-refractivity contribution in [3.63, 3.8) is 0 Å². The first-order chi connectivity index (χ1) is 9.78. The van der Waals surface area contributed by atoms with Gasteiger partial charge in [0.2, 0.25) is 0 Å². The number of rotatable bonds is 0. The molecule has 21 heavy (non-hydrogen) atoms. The topological polar surface area (TPSA) is 43.4 Å². The number of cyclic esters (lactones) is 2. The third-order valence-corrected chi connectivity index (χ3v) is 8.36. The van der Waals surface area contributed by atoms with Crippen LogP contribution < -0.4 is 0 Å². The van der Waals surface area contributed by atoms with Crippen LogP contribution in [0.4, 0.5) is 0 Å². The lowest BCUT2D eigenvalue weighted by Crippen LogP contribution is -2.47. The van der Waals surface area contributed by atoms with Crippen LogP contribution in [-0.4, -0.2) is 26.7 Å². The second kappa shape index (κ2) is 3.87. The molecule has 0 saturated carbocycles. The highest BCUT2D eigenvalue weighted by molar-refractivity contribution is 8.07. The Kier molecular flexibility index (Phi) is 2.53. The molecule has 0 aromatic carbocycles. The quantitative estimate of drug-likeness (QED) is 0.506. The number of fused-ring (bicyclic) bond motifs is 4. The molecule has 0 aromatic rings. The van der Waals surface area contributed by atoms with Crippen LogP contribution in [0.15, 0.2) is 33.3 Å². The number of esters is 2. The van der Waals surface area contributed by atoms with E-state index in [0.29, 0.717) is 16.4 Å². The molecule has 2 fully saturated rings. The molecule has 0 aromatic heterocycles. The fourth-order valence-corrected chi connectivity index (χ4v) is 7.46. The lowest BCUT2D eigenvalue weighted by atomic mass is 9.71. The molecule has 3 aliphatic heterocycles. The number of carbonyl (C=O) groups excluding carboxylic acids is 2. The first kappa shape index (κ1) is 13.7. The molecule has 3 unspecified atom stereocenters. The van der Waals surface area contributed by atoms with Crippen LogP contribution >= 0.6 is 23.5 Å². The van der Waals surface area contributed by atoms with Gasteiger partial charge in [-0.3, -0.25) is 0 Å². The highest BCUT2D eigenvalue weighted by Gasteiger charge is 2.62. The summed E-state index contributed by atoms with van der Waals surface area (Å²) in [6, 6.07) is 0. The maximum atomic E-state index is 12.2. The molecule has 0 amide bonds. The van der Waals surface area contributed by atoms with E-state index in [1.165, 1.54) is 4.91 Å². The number of hydrogen-bond acceptors (Lipinski definition) is 5. The van der Waals surface area contributed by atoms with E-state index in [4.69, 9.17) is 4.74 Å². The molecule has 110 valence electrons. The van der Waals surface area contributed by atoms with Crippen LogP contribution in [0.25, 0.3) is 0 Å². The molecule has 0 N–H and O–H groups in total. The van der Waals surface area contributed by atoms with Crippen molar-refractivity contribution in [2.45, 2.75) is 48.9 Å². The van der Waals surface area contributed by atoms with Gasteiger partial charge in [-0.1, -0.05) is 6.92 Å². The fraction of sp³-hybridized carbons (Fsp3) is 0.500. The molecule has 4 rings (SSSR count). The largest absolute Gasteiger partial charge is 0.386 e. The van der Waals surface area contributed by atoms with Crippen molar-refractivity contribution in [3.05, 3.63) is 33.3 Å². The molecule has 3 heterocycles. The molecule has 1 aliphatic carbocycles. The molecule has 5 heteroatoms. The predicted octanol–water partition coefficient (Wildman–Crippen LogP) is 3.37. The molecule has 4 aliphatic rings. The average Bonchev–Trinajstić information content (AvgIpc) is 2.93. The Bertz CT molecular complexity index is 713. The van der Waals surface area contributed by atoms with Gasteiger partial charge in [-0.25, -0.2) is 9.59 Å². The van der Waals surface area contributed by atoms with Gasteiger partial charge in [-0.15, -0.1) is 23.5 Å². The SMILES string of the molecule is CC1=CC2=C3C(=O)OC(=O)C3=C3CC(C)SC3(C)C2(C)S1. The van der Waals surface area contributed by atoms with Gasteiger partial charge in [0.05, 0.1) is 20.6 Å². The van der Waals surface area contributed by atoms with Gasteiger partial charge in [-0.2, -0.15) is 0 Å². The Labute approximate surface area is 132 Å². The highest BCUT2D eigenvalue weighted by atomic mass is 32.2. The number of hydrogen-bond donors (Lipinski definition) is 0. The van der Waals surface area contributed by atoms with E-state index in [1.54, 1.807) is 0 Å². The monoisotopic (exact) mass is 320 g/mol. The third kappa shape index (κ3) is 1.44. The van der Waals surface area contributed by atoms with Gasteiger partial charge < -0.3 is 4.74 Å². The zero-order valence-corrected chi connectivity index (χ0v) is 14.0. The van der Waals surface area contributed by atoms with Gasteiger partial charge in [0, 0.05) is 5.25 Å². The maximum absolute atomic E-state index is 12.2. The lowest BCUT2D eigenvalue weighted by molar-refractivity contribution is -0.149. The molecular weight excluding hydrogens is 304 g/mol. The van der Waals surface area contributed by atoms with Crippen LogP contribution in [0.5, 0.6) is 0 Å². The van der Waals surface area contributed by atoms with E-state index >= 15 is 0 Å². The van der Waals surface area contributed by atoms with Crippen molar-refractivity contribution < 1.29 is 14.3 Å². The Morgan fingerprint density at radius 1 is 1.19 bits per heavy atom. The Balaban J connectivity index is 2.09. The van der Waals surface area contributed by atoms with Gasteiger partial charge in [0.25, 0.3) is 0 Å². The number of allylic oxidation sites excluding steroid dienone is 2. The third-order valence-electron chi connectivity index (χ3n) is 5.06. The molecule has 0 bridgehead atoms. The average molecular weight is 320 g/mol. The van der Waals surface area contributed by atoms with Gasteiger partial charge >= 0.3 is 11.9 Å². The van der Waals surface area contributed by atoms with Crippen molar-refractivity contribution >= 4 is 35.5 Å². The minimum atomic E-state index is -0.470. The van der Waals surface area contributed by atoms with E-state index in [1.807, 2.05) is 23.5 Å². The molecule has 0 spiro atoms. The van der Waals surface area contributed by atoms with E-state index in [-0.39, 0.29) is 9.49 Å². The van der Waals surface area contributed by atoms with E-state index in [2.05, 4.69) is 33.8 Å². The molecular formula is C16H16O3S2. The molecule has 0 radical (unpaired) electrons. The summed E-state index contributed by atoms with van der Waals surface area (Å²) in [6.07, 6.45) is 2.91. The minimum absolute atomic E-state index is 0.164. The first-order valence-electron chi connectivity index (χ1n) is 7.08. The summed E-state index contributed by atoms with van der Waals surface area (Å²) in [6.45, 7) is 8.67.